The van der Waals surface area contributed by atoms with Gasteiger partial charge in [-0.1, -0.05) is 179 Å². The highest BCUT2D eigenvalue weighted by Crippen LogP contribution is 2.54. The van der Waals surface area contributed by atoms with Gasteiger partial charge in [0.05, 0.1) is 33.4 Å². The Balaban J connectivity index is 0.816. The molecule has 4 aliphatic rings. The fourth-order valence-corrected chi connectivity index (χ4v) is 14.0. The van der Waals surface area contributed by atoms with Gasteiger partial charge in [0.1, 0.15) is 0 Å². The summed E-state index contributed by atoms with van der Waals surface area (Å²) in [5.74, 6) is 0. The number of aromatic nitrogens is 1. The molecule has 2 aliphatic carbocycles. The first kappa shape index (κ1) is 54.4. The lowest BCUT2D eigenvalue weighted by atomic mass is 9.74. The van der Waals surface area contributed by atoms with E-state index in [2.05, 4.69) is 311 Å². The Kier molecular flexibility index (Phi) is 12.1. The van der Waals surface area contributed by atoms with Crippen molar-refractivity contribution >= 4 is 64.0 Å². The van der Waals surface area contributed by atoms with Gasteiger partial charge in [-0.3, -0.25) is 0 Å². The first-order valence-electron chi connectivity index (χ1n) is 30.6. The second-order valence-electron chi connectivity index (χ2n) is 27.5. The maximum absolute atomic E-state index is 6.60. The molecule has 424 valence electrons. The minimum Gasteiger partial charge on any atom is -0.399 e. The Morgan fingerprint density at radius 3 is 1.24 bits per heavy atom. The third-order valence-corrected chi connectivity index (χ3v) is 20.5. The molecule has 15 rings (SSSR count). The number of anilines is 3. The van der Waals surface area contributed by atoms with Gasteiger partial charge in [0.15, 0.2) is 0 Å². The number of benzene rings is 10. The quantitative estimate of drug-likeness (QED) is 0.135. The molecule has 86 heavy (non-hydrogen) atoms. The molecule has 8 heteroatoms. The molecule has 3 heterocycles. The molecule has 0 N–H and O–H groups in total. The summed E-state index contributed by atoms with van der Waals surface area (Å²) in [6, 6.07) is 81.2. The summed E-state index contributed by atoms with van der Waals surface area (Å²) in [6.07, 6.45) is 0. The summed E-state index contributed by atoms with van der Waals surface area (Å²) >= 11 is 0. The third-order valence-electron chi connectivity index (χ3n) is 20.5. The summed E-state index contributed by atoms with van der Waals surface area (Å²) in [5, 5.41) is 2.45. The van der Waals surface area contributed by atoms with Crippen molar-refractivity contribution in [3.63, 3.8) is 0 Å². The van der Waals surface area contributed by atoms with Gasteiger partial charge in [0.25, 0.3) is 0 Å². The van der Waals surface area contributed by atoms with E-state index in [9.17, 15) is 0 Å². The van der Waals surface area contributed by atoms with Gasteiger partial charge >= 0.3 is 14.2 Å². The predicted octanol–water partition coefficient (Wildman–Crippen LogP) is 18.5. The zero-order valence-corrected chi connectivity index (χ0v) is 51.5. The van der Waals surface area contributed by atoms with Gasteiger partial charge in [0.2, 0.25) is 0 Å². The molecule has 10 aromatic carbocycles. The van der Waals surface area contributed by atoms with Crippen molar-refractivity contribution in [2.24, 2.45) is 0 Å². The number of rotatable bonds is 9. The second kappa shape index (κ2) is 19.1. The molecule has 0 spiro atoms. The molecule has 11 aromatic rings. The van der Waals surface area contributed by atoms with Crippen LogP contribution in [0.3, 0.4) is 0 Å². The summed E-state index contributed by atoms with van der Waals surface area (Å²) in [5.41, 5.74) is 23.7. The van der Waals surface area contributed by atoms with Crippen LogP contribution in [0.15, 0.2) is 218 Å². The van der Waals surface area contributed by atoms with E-state index in [0.29, 0.717) is 0 Å². The molecular formula is C78H72B2N2O4. The number of hydrogen-bond donors (Lipinski definition) is 0. The normalized spacial score (nSPS) is 17.9. The highest BCUT2D eigenvalue weighted by atomic mass is 16.7. The van der Waals surface area contributed by atoms with Crippen LogP contribution in [0.5, 0.6) is 0 Å². The van der Waals surface area contributed by atoms with Crippen molar-refractivity contribution < 1.29 is 18.6 Å². The summed E-state index contributed by atoms with van der Waals surface area (Å²) in [4.78, 5) is 2.46. The highest BCUT2D eigenvalue weighted by Gasteiger charge is 2.53. The molecule has 6 nitrogen and oxygen atoms in total. The Bertz CT molecular complexity index is 4390. The molecule has 2 aliphatic heterocycles. The van der Waals surface area contributed by atoms with Gasteiger partial charge in [0, 0.05) is 44.4 Å². The fourth-order valence-electron chi connectivity index (χ4n) is 14.0. The molecule has 2 fully saturated rings. The number of para-hydroxylation sites is 1. The van der Waals surface area contributed by atoms with Crippen molar-refractivity contribution in [1.29, 1.82) is 0 Å². The van der Waals surface area contributed by atoms with E-state index in [1.807, 2.05) is 0 Å². The van der Waals surface area contributed by atoms with E-state index >= 15 is 0 Å². The van der Waals surface area contributed by atoms with Gasteiger partial charge < -0.3 is 28.1 Å². The SMILES string of the molecule is CC1(C)c2cc(B3OC(C)(C)C(C)(C)O3)ccc2-c2ccc(N(c3ccc(-c4ccc5c6ccccc6n(-c6cccc(-c7cccc(-c8ccccc8)c7)c6)c5c4)cc3)c3ccc4c(c3)C(C)(C)c3cc(B5OC(C)(C)C(C)(C)O5)ccc3-4)cc21. The van der Waals surface area contributed by atoms with Gasteiger partial charge in [-0.25, -0.2) is 0 Å². The molecule has 0 atom stereocenters. The number of nitrogens with zero attached hydrogens (tertiary/aromatic N) is 2. The van der Waals surface area contributed by atoms with E-state index in [0.717, 1.165) is 44.8 Å². The minimum atomic E-state index is -0.442. The monoisotopic (exact) mass is 1120 g/mol. The van der Waals surface area contributed by atoms with Crippen molar-refractivity contribution in [2.75, 3.05) is 4.90 Å². The molecule has 2 saturated heterocycles. The first-order valence-corrected chi connectivity index (χ1v) is 30.6. The Labute approximate surface area is 507 Å². The van der Waals surface area contributed by atoms with E-state index in [4.69, 9.17) is 18.6 Å². The summed E-state index contributed by atoms with van der Waals surface area (Å²) in [6.45, 7) is 26.4. The lowest BCUT2D eigenvalue weighted by Crippen LogP contribution is -2.41. The first-order chi connectivity index (χ1) is 41.1. The van der Waals surface area contributed by atoms with Gasteiger partial charge in [-0.15, -0.1) is 0 Å². The molecule has 0 amide bonds. The largest absolute Gasteiger partial charge is 0.494 e. The van der Waals surface area contributed by atoms with Crippen molar-refractivity contribution in [1.82, 2.24) is 4.57 Å². The van der Waals surface area contributed by atoms with Crippen LogP contribution in [0, 0.1) is 0 Å². The zero-order chi connectivity index (χ0) is 59.5. The van der Waals surface area contributed by atoms with Crippen molar-refractivity contribution in [3.8, 4) is 61.3 Å². The zero-order valence-electron chi connectivity index (χ0n) is 51.5. The maximum atomic E-state index is 6.60. The van der Waals surface area contributed by atoms with E-state index < -0.39 is 36.6 Å². The lowest BCUT2D eigenvalue weighted by molar-refractivity contribution is 0.00578. The third kappa shape index (κ3) is 8.46. The van der Waals surface area contributed by atoms with Crippen molar-refractivity contribution in [2.45, 2.75) is 116 Å². The molecule has 0 bridgehead atoms. The predicted molar refractivity (Wildman–Crippen MR) is 358 cm³/mol. The van der Waals surface area contributed by atoms with Gasteiger partial charge in [-0.2, -0.15) is 0 Å². The topological polar surface area (TPSA) is 45.1 Å². The van der Waals surface area contributed by atoms with Crippen LogP contribution in [-0.2, 0) is 29.4 Å². The fraction of sp³-hybridized carbons (Fsp3) is 0.231. The number of hydrogen-bond acceptors (Lipinski definition) is 5. The van der Waals surface area contributed by atoms with Crippen LogP contribution >= 0.6 is 0 Å². The Hall–Kier alpha value is -8.23. The summed E-state index contributed by atoms with van der Waals surface area (Å²) < 4.78 is 28.8. The maximum Gasteiger partial charge on any atom is 0.494 e. The number of fused-ring (bicyclic) bond motifs is 9. The van der Waals surface area contributed by atoms with Crippen LogP contribution in [-0.4, -0.2) is 41.2 Å². The van der Waals surface area contributed by atoms with Gasteiger partial charge in [-0.05, 0) is 211 Å². The second-order valence-corrected chi connectivity index (χ2v) is 27.5. The Morgan fingerprint density at radius 1 is 0.302 bits per heavy atom. The average molecular weight is 1120 g/mol. The molecule has 1 aromatic heterocycles. The Morgan fingerprint density at radius 2 is 0.698 bits per heavy atom. The van der Waals surface area contributed by atoms with E-state index in [1.54, 1.807) is 0 Å². The summed E-state index contributed by atoms with van der Waals surface area (Å²) in [7, 11) is -0.883. The van der Waals surface area contributed by atoms with E-state index in [-0.39, 0.29) is 10.8 Å². The van der Waals surface area contributed by atoms with Crippen LogP contribution in [0.2, 0.25) is 0 Å². The van der Waals surface area contributed by atoms with Crippen LogP contribution in [0.25, 0.3) is 83.1 Å². The minimum absolute atomic E-state index is 0.303. The van der Waals surface area contributed by atoms with Crippen molar-refractivity contribution in [3.05, 3.63) is 241 Å². The molecule has 0 radical (unpaired) electrons. The van der Waals surface area contributed by atoms with E-state index in [1.165, 1.54) is 88.6 Å². The lowest BCUT2D eigenvalue weighted by Gasteiger charge is -2.32. The average Bonchev–Trinajstić information content (AvgIpc) is 1.73. The van der Waals surface area contributed by atoms with Crippen LogP contribution < -0.4 is 15.8 Å². The molecule has 0 unspecified atom stereocenters. The smallest absolute Gasteiger partial charge is 0.399 e. The van der Waals surface area contributed by atoms with Crippen LogP contribution in [0.4, 0.5) is 17.1 Å². The standard InChI is InChI=1S/C78H72B2N2O4/c1-73(2)67-45-55(79-83-75(5,6)76(7,8)84-79)31-38-61(67)63-40-35-59(47-69(63)73)81(60-36-41-64-62-39-32-56(46-68(62)74(3,4)70(64)48-60)80-85-77(9,10)78(11,12)86-80)57-33-28-50(29-34-57)54-30-37-66-65-26-16-17-27-71(65)82(72(66)44-54)58-25-19-24-53(43-58)52-23-18-22-51(42-52)49-20-14-13-15-21-49/h13-48H,1-12H3. The molecule has 0 saturated carbocycles. The van der Waals surface area contributed by atoms with Crippen LogP contribution in [0.1, 0.15) is 105 Å². The molecular weight excluding hydrogens is 1050 g/mol. The highest BCUT2D eigenvalue weighted by molar-refractivity contribution is 6.62.